The fourth-order valence-electron chi connectivity index (χ4n) is 1.61. The Hall–Kier alpha value is -1.21. The van der Waals surface area contributed by atoms with E-state index < -0.39 is 10.8 Å². The second-order valence-electron chi connectivity index (χ2n) is 3.92. The van der Waals surface area contributed by atoms with E-state index in [4.69, 9.17) is 5.73 Å². The third kappa shape index (κ3) is 2.97. The second kappa shape index (κ2) is 5.62. The van der Waals surface area contributed by atoms with Crippen molar-refractivity contribution < 1.29 is 4.21 Å². The highest BCUT2D eigenvalue weighted by Crippen LogP contribution is 2.29. The number of rotatable bonds is 5. The van der Waals surface area contributed by atoms with Gasteiger partial charge in [0.15, 0.2) is 0 Å². The molecule has 1 unspecified atom stereocenters. The number of nitrogen functional groups attached to an aromatic ring is 1. The van der Waals surface area contributed by atoms with Crippen molar-refractivity contribution in [3.8, 4) is 0 Å². The molecule has 0 radical (unpaired) electrons. The molecule has 0 aliphatic carbocycles. The standard InChI is InChI=1S/C11H16N4OS2/c1-3-7-6-8-9(13-4-5-18(2)16)14-11(12)15-10(8)17-7/h6H,3-5H2,1-2H3,(H3,12,13,14,15). The summed E-state index contributed by atoms with van der Waals surface area (Å²) in [6.07, 6.45) is 2.66. The van der Waals surface area contributed by atoms with Crippen LogP contribution in [0.15, 0.2) is 6.07 Å². The minimum absolute atomic E-state index is 0.270. The van der Waals surface area contributed by atoms with Crippen molar-refractivity contribution in [3.05, 3.63) is 10.9 Å². The van der Waals surface area contributed by atoms with Gasteiger partial charge in [-0.3, -0.25) is 4.21 Å². The Morgan fingerprint density at radius 2 is 2.28 bits per heavy atom. The van der Waals surface area contributed by atoms with E-state index in [1.807, 2.05) is 0 Å². The summed E-state index contributed by atoms with van der Waals surface area (Å²) in [5, 5.41) is 4.17. The molecule has 3 N–H and O–H groups in total. The number of nitrogens with two attached hydrogens (primary N) is 1. The molecule has 0 aliphatic rings. The van der Waals surface area contributed by atoms with E-state index in [2.05, 4.69) is 28.3 Å². The number of hydrogen-bond donors (Lipinski definition) is 2. The normalized spacial score (nSPS) is 12.8. The number of nitrogens with zero attached hydrogens (tertiary/aromatic N) is 2. The molecule has 0 aliphatic heterocycles. The third-order valence-corrected chi connectivity index (χ3v) is 4.44. The van der Waals surface area contributed by atoms with E-state index in [0.29, 0.717) is 12.3 Å². The molecule has 98 valence electrons. The molecule has 5 nitrogen and oxygen atoms in total. The van der Waals surface area contributed by atoms with Gasteiger partial charge >= 0.3 is 0 Å². The van der Waals surface area contributed by atoms with E-state index in [0.717, 1.165) is 22.5 Å². The van der Waals surface area contributed by atoms with Crippen LogP contribution < -0.4 is 11.1 Å². The van der Waals surface area contributed by atoms with Gasteiger partial charge in [-0.2, -0.15) is 4.98 Å². The average Bonchev–Trinajstić information content (AvgIpc) is 2.71. The predicted octanol–water partition coefficient (Wildman–Crippen LogP) is 1.63. The van der Waals surface area contributed by atoms with E-state index in [-0.39, 0.29) is 5.95 Å². The lowest BCUT2D eigenvalue weighted by molar-refractivity contribution is 0.687. The number of thiophene rings is 1. The van der Waals surface area contributed by atoms with Crippen LogP contribution in [0.1, 0.15) is 11.8 Å². The number of fused-ring (bicyclic) bond motifs is 1. The van der Waals surface area contributed by atoms with Gasteiger partial charge in [-0.15, -0.1) is 11.3 Å². The van der Waals surface area contributed by atoms with Gasteiger partial charge in [0.1, 0.15) is 10.6 Å². The van der Waals surface area contributed by atoms with Crippen LogP contribution in [0.5, 0.6) is 0 Å². The summed E-state index contributed by atoms with van der Waals surface area (Å²) in [7, 11) is -0.809. The minimum Gasteiger partial charge on any atom is -0.368 e. The Balaban J connectivity index is 2.29. The maximum absolute atomic E-state index is 11.0. The molecule has 1 atom stereocenters. The molecule has 18 heavy (non-hydrogen) atoms. The highest BCUT2D eigenvalue weighted by Gasteiger charge is 2.09. The van der Waals surface area contributed by atoms with Crippen LogP contribution in [-0.2, 0) is 17.2 Å². The molecule has 2 heterocycles. The van der Waals surface area contributed by atoms with Crippen molar-refractivity contribution >= 4 is 44.1 Å². The van der Waals surface area contributed by atoms with Gasteiger partial charge in [0.05, 0.1) is 5.39 Å². The quantitative estimate of drug-likeness (QED) is 0.872. The summed E-state index contributed by atoms with van der Waals surface area (Å²) in [5.74, 6) is 1.60. The summed E-state index contributed by atoms with van der Waals surface area (Å²) in [6.45, 7) is 2.72. The first kappa shape index (κ1) is 13.2. The zero-order valence-electron chi connectivity index (χ0n) is 10.4. The zero-order chi connectivity index (χ0) is 13.1. The van der Waals surface area contributed by atoms with Crippen LogP contribution in [-0.4, -0.2) is 32.7 Å². The summed E-state index contributed by atoms with van der Waals surface area (Å²) < 4.78 is 11.0. The second-order valence-corrected chi connectivity index (χ2v) is 6.59. The number of aryl methyl sites for hydroxylation is 1. The van der Waals surface area contributed by atoms with Gasteiger partial charge in [0, 0.05) is 34.2 Å². The number of anilines is 2. The Kier molecular flexibility index (Phi) is 4.13. The lowest BCUT2D eigenvalue weighted by Crippen LogP contribution is -2.11. The maximum atomic E-state index is 11.0. The smallest absolute Gasteiger partial charge is 0.223 e. The fraction of sp³-hybridized carbons (Fsp3) is 0.455. The van der Waals surface area contributed by atoms with Gasteiger partial charge in [-0.05, 0) is 12.5 Å². The molecule has 2 aromatic rings. The first-order chi connectivity index (χ1) is 8.60. The number of nitrogens with one attached hydrogen (secondary N) is 1. The van der Waals surface area contributed by atoms with Gasteiger partial charge in [-0.25, -0.2) is 4.98 Å². The minimum atomic E-state index is -0.809. The summed E-state index contributed by atoms with van der Waals surface area (Å²) in [5.41, 5.74) is 5.69. The average molecular weight is 284 g/mol. The Bertz CT molecular complexity index is 582. The van der Waals surface area contributed by atoms with Gasteiger partial charge in [0.25, 0.3) is 0 Å². The Morgan fingerprint density at radius 3 is 2.94 bits per heavy atom. The first-order valence-electron chi connectivity index (χ1n) is 5.70. The number of aromatic nitrogens is 2. The molecule has 2 aromatic heterocycles. The monoisotopic (exact) mass is 284 g/mol. The van der Waals surface area contributed by atoms with Crippen molar-refractivity contribution in [1.29, 1.82) is 0 Å². The van der Waals surface area contributed by atoms with Crippen molar-refractivity contribution in [1.82, 2.24) is 9.97 Å². The van der Waals surface area contributed by atoms with E-state index in [1.54, 1.807) is 17.6 Å². The van der Waals surface area contributed by atoms with Gasteiger partial charge < -0.3 is 11.1 Å². The molecular weight excluding hydrogens is 268 g/mol. The van der Waals surface area contributed by atoms with Crippen molar-refractivity contribution in [2.45, 2.75) is 13.3 Å². The van der Waals surface area contributed by atoms with Crippen LogP contribution in [0.3, 0.4) is 0 Å². The SMILES string of the molecule is CCc1cc2c(NCCS(C)=O)nc(N)nc2s1. The van der Waals surface area contributed by atoms with Gasteiger partial charge in [0.2, 0.25) is 5.95 Å². The van der Waals surface area contributed by atoms with Crippen LogP contribution >= 0.6 is 11.3 Å². The maximum Gasteiger partial charge on any atom is 0.223 e. The van der Waals surface area contributed by atoms with Crippen molar-refractivity contribution in [2.75, 3.05) is 29.6 Å². The highest BCUT2D eigenvalue weighted by atomic mass is 32.2. The highest BCUT2D eigenvalue weighted by molar-refractivity contribution is 7.84. The molecule has 0 spiro atoms. The van der Waals surface area contributed by atoms with Crippen LogP contribution in [0.4, 0.5) is 11.8 Å². The van der Waals surface area contributed by atoms with Crippen molar-refractivity contribution in [3.63, 3.8) is 0 Å². The lowest BCUT2D eigenvalue weighted by atomic mass is 10.3. The molecular formula is C11H16N4OS2. The summed E-state index contributed by atoms with van der Waals surface area (Å²) >= 11 is 1.63. The van der Waals surface area contributed by atoms with E-state index in [1.165, 1.54) is 4.88 Å². The molecule has 0 aromatic carbocycles. The topological polar surface area (TPSA) is 80.9 Å². The Labute approximate surface area is 112 Å². The Morgan fingerprint density at radius 1 is 1.50 bits per heavy atom. The van der Waals surface area contributed by atoms with E-state index >= 15 is 0 Å². The zero-order valence-corrected chi connectivity index (χ0v) is 12.0. The predicted molar refractivity (Wildman–Crippen MR) is 78.6 cm³/mol. The summed E-state index contributed by atoms with van der Waals surface area (Å²) in [6, 6.07) is 2.09. The third-order valence-electron chi connectivity index (χ3n) is 2.49. The van der Waals surface area contributed by atoms with Crippen molar-refractivity contribution in [2.24, 2.45) is 0 Å². The molecule has 0 saturated heterocycles. The molecule has 2 rings (SSSR count). The molecule has 0 fully saturated rings. The lowest BCUT2D eigenvalue weighted by Gasteiger charge is -2.06. The largest absolute Gasteiger partial charge is 0.368 e. The first-order valence-corrected chi connectivity index (χ1v) is 8.24. The van der Waals surface area contributed by atoms with Crippen LogP contribution in [0, 0.1) is 0 Å². The summed E-state index contributed by atoms with van der Waals surface area (Å²) in [4.78, 5) is 10.6. The fourth-order valence-corrected chi connectivity index (χ4v) is 2.97. The van der Waals surface area contributed by atoms with Crippen LogP contribution in [0.2, 0.25) is 0 Å². The van der Waals surface area contributed by atoms with Gasteiger partial charge in [-0.1, -0.05) is 6.92 Å². The molecule has 0 amide bonds. The molecule has 0 bridgehead atoms. The van der Waals surface area contributed by atoms with E-state index in [9.17, 15) is 4.21 Å². The molecule has 0 saturated carbocycles. The van der Waals surface area contributed by atoms with Crippen LogP contribution in [0.25, 0.3) is 10.2 Å². The number of hydrogen-bond acceptors (Lipinski definition) is 6. The molecule has 7 heteroatoms.